The molecule has 25 heavy (non-hydrogen) atoms. The lowest BCUT2D eigenvalue weighted by Crippen LogP contribution is -2.07. The highest BCUT2D eigenvalue weighted by Gasteiger charge is 2.21. The second-order valence-electron chi connectivity index (χ2n) is 5.71. The molecule has 2 aromatic carbocycles. The minimum absolute atomic E-state index is 0.188. The molecule has 0 aliphatic rings. The number of carbonyl (C=O) groups excluding carboxylic acids is 1. The van der Waals surface area contributed by atoms with E-state index in [0.717, 1.165) is 16.8 Å². The maximum absolute atomic E-state index is 13.1. The van der Waals surface area contributed by atoms with Gasteiger partial charge >= 0.3 is 0 Å². The summed E-state index contributed by atoms with van der Waals surface area (Å²) in [6.45, 7) is 0.500. The standard InChI is InChI=1S/C19H17Cl2N3O/c1-24-11-12(8-9-22)18(23-24)14-7-6-13(20)10-16(14)19(25)15-4-2-3-5-17(15)21/h2-7,10-11H,8-9,22H2,1H3. The smallest absolute Gasteiger partial charge is 0.195 e. The van der Waals surface area contributed by atoms with Crippen LogP contribution in [-0.2, 0) is 13.5 Å². The lowest BCUT2D eigenvalue weighted by Gasteiger charge is -2.10. The number of nitrogens with zero attached hydrogens (tertiary/aromatic N) is 2. The van der Waals surface area contributed by atoms with Gasteiger partial charge < -0.3 is 5.73 Å². The molecule has 0 spiro atoms. The van der Waals surface area contributed by atoms with Gasteiger partial charge in [0, 0.05) is 35.0 Å². The summed E-state index contributed by atoms with van der Waals surface area (Å²) in [6.07, 6.45) is 2.59. The molecule has 1 heterocycles. The zero-order valence-electron chi connectivity index (χ0n) is 13.7. The first-order chi connectivity index (χ1) is 12.0. The fourth-order valence-corrected chi connectivity index (χ4v) is 3.20. The highest BCUT2D eigenvalue weighted by molar-refractivity contribution is 6.35. The van der Waals surface area contributed by atoms with E-state index in [2.05, 4.69) is 5.10 Å². The van der Waals surface area contributed by atoms with E-state index >= 15 is 0 Å². The average Bonchev–Trinajstić information content (AvgIpc) is 2.95. The van der Waals surface area contributed by atoms with Gasteiger partial charge in [0.05, 0.1) is 10.7 Å². The molecule has 3 aromatic rings. The molecule has 0 saturated carbocycles. The number of hydrogen-bond acceptors (Lipinski definition) is 3. The third-order valence-electron chi connectivity index (χ3n) is 3.92. The van der Waals surface area contributed by atoms with Gasteiger partial charge in [-0.05, 0) is 42.8 Å². The van der Waals surface area contributed by atoms with Gasteiger partial charge in [0.2, 0.25) is 0 Å². The number of benzene rings is 2. The molecule has 1 aromatic heterocycles. The van der Waals surface area contributed by atoms with Crippen LogP contribution in [0.3, 0.4) is 0 Å². The van der Waals surface area contributed by atoms with Crippen LogP contribution in [-0.4, -0.2) is 22.1 Å². The molecule has 4 nitrogen and oxygen atoms in total. The Morgan fingerprint density at radius 2 is 1.92 bits per heavy atom. The van der Waals surface area contributed by atoms with E-state index in [1.54, 1.807) is 41.1 Å². The molecule has 0 unspecified atom stereocenters. The molecule has 128 valence electrons. The van der Waals surface area contributed by atoms with Crippen molar-refractivity contribution in [1.29, 1.82) is 0 Å². The van der Waals surface area contributed by atoms with Crippen LogP contribution in [0.2, 0.25) is 10.0 Å². The Morgan fingerprint density at radius 3 is 2.64 bits per heavy atom. The predicted molar refractivity (Wildman–Crippen MR) is 101 cm³/mol. The van der Waals surface area contributed by atoms with Crippen LogP contribution in [0.5, 0.6) is 0 Å². The number of halogens is 2. The number of hydrogen-bond donors (Lipinski definition) is 1. The zero-order chi connectivity index (χ0) is 18.0. The molecule has 0 amide bonds. The molecule has 0 radical (unpaired) electrons. The van der Waals surface area contributed by atoms with Crippen molar-refractivity contribution in [2.24, 2.45) is 12.8 Å². The lowest BCUT2D eigenvalue weighted by molar-refractivity contribution is 0.103. The summed E-state index contributed by atoms with van der Waals surface area (Å²) in [7, 11) is 1.84. The van der Waals surface area contributed by atoms with E-state index in [1.807, 2.05) is 19.3 Å². The summed E-state index contributed by atoms with van der Waals surface area (Å²) in [4.78, 5) is 13.1. The van der Waals surface area contributed by atoms with Crippen LogP contribution in [0, 0.1) is 0 Å². The first kappa shape index (κ1) is 17.7. The SMILES string of the molecule is Cn1cc(CCN)c(-c2ccc(Cl)cc2C(=O)c2ccccc2Cl)n1. The largest absolute Gasteiger partial charge is 0.330 e. The third-order valence-corrected chi connectivity index (χ3v) is 4.48. The van der Waals surface area contributed by atoms with Gasteiger partial charge in [-0.1, -0.05) is 41.4 Å². The number of aromatic nitrogens is 2. The summed E-state index contributed by atoms with van der Waals surface area (Å²) < 4.78 is 1.72. The average molecular weight is 374 g/mol. The van der Waals surface area contributed by atoms with E-state index in [-0.39, 0.29) is 5.78 Å². The maximum Gasteiger partial charge on any atom is 0.195 e. The molecular formula is C19H17Cl2N3O. The summed E-state index contributed by atoms with van der Waals surface area (Å²) in [5.74, 6) is -0.188. The summed E-state index contributed by atoms with van der Waals surface area (Å²) >= 11 is 12.4. The van der Waals surface area contributed by atoms with Crippen molar-refractivity contribution >= 4 is 29.0 Å². The molecule has 6 heteroatoms. The Balaban J connectivity index is 2.17. The van der Waals surface area contributed by atoms with Gasteiger partial charge in [-0.3, -0.25) is 9.48 Å². The number of carbonyl (C=O) groups is 1. The molecule has 0 saturated heterocycles. The summed E-state index contributed by atoms with van der Waals surface area (Å²) in [5.41, 5.74) is 9.05. The van der Waals surface area contributed by atoms with Crippen LogP contribution in [0.25, 0.3) is 11.3 Å². The van der Waals surface area contributed by atoms with Crippen molar-refractivity contribution in [3.05, 3.63) is 75.4 Å². The Hall–Kier alpha value is -2.14. The maximum atomic E-state index is 13.1. The second kappa shape index (κ2) is 7.40. The van der Waals surface area contributed by atoms with Crippen molar-refractivity contribution in [3.63, 3.8) is 0 Å². The molecule has 0 aliphatic carbocycles. The van der Waals surface area contributed by atoms with Crippen LogP contribution < -0.4 is 5.73 Å². The molecule has 3 rings (SSSR count). The van der Waals surface area contributed by atoms with Crippen LogP contribution in [0.15, 0.2) is 48.7 Å². The van der Waals surface area contributed by atoms with Gasteiger partial charge in [0.15, 0.2) is 5.78 Å². The van der Waals surface area contributed by atoms with Crippen molar-refractivity contribution in [2.45, 2.75) is 6.42 Å². The molecule has 0 fully saturated rings. The van der Waals surface area contributed by atoms with Crippen molar-refractivity contribution < 1.29 is 4.79 Å². The van der Waals surface area contributed by atoms with E-state index < -0.39 is 0 Å². The monoisotopic (exact) mass is 373 g/mol. The molecular weight excluding hydrogens is 357 g/mol. The molecule has 0 atom stereocenters. The lowest BCUT2D eigenvalue weighted by atomic mass is 9.94. The van der Waals surface area contributed by atoms with E-state index in [1.165, 1.54) is 0 Å². The van der Waals surface area contributed by atoms with Crippen LogP contribution in [0.1, 0.15) is 21.5 Å². The first-order valence-corrected chi connectivity index (χ1v) is 8.58. The van der Waals surface area contributed by atoms with Gasteiger partial charge in [-0.2, -0.15) is 5.10 Å². The fraction of sp³-hybridized carbons (Fsp3) is 0.158. The van der Waals surface area contributed by atoms with Gasteiger partial charge in [0.1, 0.15) is 0 Å². The Labute approximate surface area is 156 Å². The van der Waals surface area contributed by atoms with Crippen LogP contribution >= 0.6 is 23.2 Å². The van der Waals surface area contributed by atoms with Crippen molar-refractivity contribution in [1.82, 2.24) is 9.78 Å². The Morgan fingerprint density at radius 1 is 1.16 bits per heavy atom. The minimum Gasteiger partial charge on any atom is -0.330 e. The fourth-order valence-electron chi connectivity index (χ4n) is 2.80. The number of rotatable bonds is 5. The predicted octanol–water partition coefficient (Wildman–Crippen LogP) is 4.13. The Kier molecular flexibility index (Phi) is 5.23. The number of aryl methyl sites for hydroxylation is 1. The minimum atomic E-state index is -0.188. The summed E-state index contributed by atoms with van der Waals surface area (Å²) in [5, 5.41) is 5.41. The third kappa shape index (κ3) is 3.61. The molecule has 0 aliphatic heterocycles. The molecule has 2 N–H and O–H groups in total. The van der Waals surface area contributed by atoms with Crippen molar-refractivity contribution in [2.75, 3.05) is 6.54 Å². The highest BCUT2D eigenvalue weighted by atomic mass is 35.5. The van der Waals surface area contributed by atoms with E-state index in [0.29, 0.717) is 34.1 Å². The van der Waals surface area contributed by atoms with Crippen LogP contribution in [0.4, 0.5) is 0 Å². The number of nitrogens with two attached hydrogens (primary N) is 1. The van der Waals surface area contributed by atoms with Gasteiger partial charge in [0.25, 0.3) is 0 Å². The topological polar surface area (TPSA) is 60.9 Å². The van der Waals surface area contributed by atoms with E-state index in [4.69, 9.17) is 28.9 Å². The Bertz CT molecular complexity index is 934. The zero-order valence-corrected chi connectivity index (χ0v) is 15.2. The molecule has 0 bridgehead atoms. The van der Waals surface area contributed by atoms with E-state index in [9.17, 15) is 4.79 Å². The second-order valence-corrected chi connectivity index (χ2v) is 6.56. The first-order valence-electron chi connectivity index (χ1n) is 7.83. The normalized spacial score (nSPS) is 10.9. The highest BCUT2D eigenvalue weighted by Crippen LogP contribution is 2.31. The van der Waals surface area contributed by atoms with Gasteiger partial charge in [-0.15, -0.1) is 0 Å². The quantitative estimate of drug-likeness (QED) is 0.684. The van der Waals surface area contributed by atoms with Crippen molar-refractivity contribution in [3.8, 4) is 11.3 Å². The summed E-state index contributed by atoms with van der Waals surface area (Å²) in [6, 6.07) is 12.2. The van der Waals surface area contributed by atoms with Gasteiger partial charge in [-0.25, -0.2) is 0 Å². The number of ketones is 1.